The van der Waals surface area contributed by atoms with Crippen molar-refractivity contribution >= 4 is 11.4 Å². The number of halogens is 1. The molecule has 94 valence electrons. The Balaban J connectivity index is 2.99. The summed E-state index contributed by atoms with van der Waals surface area (Å²) in [6, 6.07) is 2.33. The van der Waals surface area contributed by atoms with Gasteiger partial charge >= 0.3 is 0 Å². The third-order valence-electron chi connectivity index (χ3n) is 2.29. The lowest BCUT2D eigenvalue weighted by Crippen LogP contribution is -2.23. The van der Waals surface area contributed by atoms with Crippen LogP contribution in [0.5, 0.6) is 0 Å². The van der Waals surface area contributed by atoms with Gasteiger partial charge in [-0.3, -0.25) is 10.1 Å². The summed E-state index contributed by atoms with van der Waals surface area (Å²) >= 11 is 0. The van der Waals surface area contributed by atoms with Crippen molar-refractivity contribution in [2.75, 3.05) is 18.5 Å². The molecule has 7 heteroatoms. The number of nitrogens with one attached hydrogen (secondary N) is 1. The molecule has 6 nitrogen and oxygen atoms in total. The van der Waals surface area contributed by atoms with Gasteiger partial charge in [-0.25, -0.2) is 4.39 Å². The molecule has 0 aliphatic carbocycles. The minimum absolute atomic E-state index is 0.0532. The summed E-state index contributed by atoms with van der Waals surface area (Å²) in [5.74, 6) is -0.662. The van der Waals surface area contributed by atoms with Crippen molar-refractivity contribution < 1.29 is 19.5 Å². The first-order chi connectivity index (χ1) is 7.97. The maximum Gasteiger partial charge on any atom is 0.298 e. The standard InChI is InChI=1S/C10H13FN2O4/c1-6-8(11)2-3-9(10(6)13(16)17)12-4-7(15)5-14/h2-3,7,12,14-15H,4-5H2,1H3. The lowest BCUT2D eigenvalue weighted by Gasteiger charge is -2.11. The molecule has 1 rings (SSSR count). The highest BCUT2D eigenvalue weighted by atomic mass is 19.1. The molecule has 0 saturated carbocycles. The van der Waals surface area contributed by atoms with Gasteiger partial charge in [0.2, 0.25) is 0 Å². The van der Waals surface area contributed by atoms with Gasteiger partial charge in [0.15, 0.2) is 0 Å². The van der Waals surface area contributed by atoms with Gasteiger partial charge in [-0.1, -0.05) is 0 Å². The number of aliphatic hydroxyl groups is 2. The normalized spacial score (nSPS) is 12.2. The maximum absolute atomic E-state index is 13.2. The van der Waals surface area contributed by atoms with E-state index in [1.165, 1.54) is 13.0 Å². The van der Waals surface area contributed by atoms with Crippen LogP contribution in [0.3, 0.4) is 0 Å². The van der Waals surface area contributed by atoms with Crippen LogP contribution >= 0.6 is 0 Å². The van der Waals surface area contributed by atoms with Gasteiger partial charge in [0.05, 0.1) is 23.2 Å². The van der Waals surface area contributed by atoms with Gasteiger partial charge in [0.1, 0.15) is 11.5 Å². The highest BCUT2D eigenvalue weighted by Crippen LogP contribution is 2.29. The Kier molecular flexibility index (Phi) is 4.36. The lowest BCUT2D eigenvalue weighted by atomic mass is 10.1. The highest BCUT2D eigenvalue weighted by Gasteiger charge is 2.20. The molecular weight excluding hydrogens is 231 g/mol. The van der Waals surface area contributed by atoms with Crippen LogP contribution in [-0.2, 0) is 0 Å². The Hall–Kier alpha value is -1.73. The van der Waals surface area contributed by atoms with E-state index in [0.29, 0.717) is 0 Å². The van der Waals surface area contributed by atoms with Crippen LogP contribution in [0.15, 0.2) is 12.1 Å². The zero-order valence-electron chi connectivity index (χ0n) is 9.18. The molecule has 3 N–H and O–H groups in total. The van der Waals surface area contributed by atoms with Crippen LogP contribution in [-0.4, -0.2) is 34.4 Å². The first-order valence-corrected chi connectivity index (χ1v) is 4.93. The molecular formula is C10H13FN2O4. The molecule has 0 heterocycles. The van der Waals surface area contributed by atoms with Crippen LogP contribution in [0.4, 0.5) is 15.8 Å². The van der Waals surface area contributed by atoms with Gasteiger partial charge in [0.25, 0.3) is 5.69 Å². The van der Waals surface area contributed by atoms with Crippen LogP contribution < -0.4 is 5.32 Å². The minimum atomic E-state index is -1.03. The Bertz CT molecular complexity index is 425. The summed E-state index contributed by atoms with van der Waals surface area (Å²) in [5.41, 5.74) is -0.324. The number of benzene rings is 1. The van der Waals surface area contributed by atoms with Gasteiger partial charge in [0, 0.05) is 6.54 Å². The van der Waals surface area contributed by atoms with Crippen molar-refractivity contribution in [3.8, 4) is 0 Å². The van der Waals surface area contributed by atoms with Crippen molar-refractivity contribution in [1.29, 1.82) is 0 Å². The molecule has 1 atom stereocenters. The molecule has 1 aromatic carbocycles. The van der Waals surface area contributed by atoms with E-state index in [9.17, 15) is 14.5 Å². The number of aliphatic hydroxyl groups excluding tert-OH is 2. The van der Waals surface area contributed by atoms with E-state index in [-0.39, 0.29) is 23.5 Å². The minimum Gasteiger partial charge on any atom is -0.394 e. The summed E-state index contributed by atoms with van der Waals surface area (Å²) in [5, 5.41) is 31.1. The second-order valence-corrected chi connectivity index (χ2v) is 3.54. The number of hydrogen-bond acceptors (Lipinski definition) is 5. The van der Waals surface area contributed by atoms with Crippen molar-refractivity contribution in [1.82, 2.24) is 0 Å². The lowest BCUT2D eigenvalue weighted by molar-refractivity contribution is -0.384. The first-order valence-electron chi connectivity index (χ1n) is 4.93. The number of nitro groups is 1. The summed E-state index contributed by atoms with van der Waals surface area (Å²) in [6.07, 6.45) is -1.03. The third kappa shape index (κ3) is 3.11. The molecule has 0 radical (unpaired) electrons. The molecule has 0 aliphatic rings. The SMILES string of the molecule is Cc1c(F)ccc(NCC(O)CO)c1[N+](=O)[O-]. The van der Waals surface area contributed by atoms with E-state index in [1.807, 2.05) is 0 Å². The predicted molar refractivity (Wildman–Crippen MR) is 59.4 cm³/mol. The molecule has 0 aromatic heterocycles. The fourth-order valence-electron chi connectivity index (χ4n) is 1.35. The molecule has 1 unspecified atom stereocenters. The molecule has 0 saturated heterocycles. The molecule has 0 bridgehead atoms. The third-order valence-corrected chi connectivity index (χ3v) is 2.29. The Labute approximate surface area is 96.8 Å². The van der Waals surface area contributed by atoms with Crippen LogP contribution in [0.1, 0.15) is 5.56 Å². The molecule has 0 fully saturated rings. The first kappa shape index (κ1) is 13.3. The van der Waals surface area contributed by atoms with Crippen LogP contribution in [0, 0.1) is 22.9 Å². The summed E-state index contributed by atoms with van der Waals surface area (Å²) < 4.78 is 13.2. The van der Waals surface area contributed by atoms with Crippen molar-refractivity contribution in [3.05, 3.63) is 33.6 Å². The van der Waals surface area contributed by atoms with Crippen molar-refractivity contribution in [2.24, 2.45) is 0 Å². The van der Waals surface area contributed by atoms with Crippen molar-refractivity contribution in [2.45, 2.75) is 13.0 Å². The molecule has 17 heavy (non-hydrogen) atoms. The number of anilines is 1. The zero-order valence-corrected chi connectivity index (χ0v) is 9.18. The largest absolute Gasteiger partial charge is 0.394 e. The second-order valence-electron chi connectivity index (χ2n) is 3.54. The Morgan fingerprint density at radius 2 is 2.24 bits per heavy atom. The average Bonchev–Trinajstić information content (AvgIpc) is 2.29. The smallest absolute Gasteiger partial charge is 0.298 e. The fourth-order valence-corrected chi connectivity index (χ4v) is 1.35. The number of rotatable bonds is 5. The van der Waals surface area contributed by atoms with Gasteiger partial charge in [-0.2, -0.15) is 0 Å². The van der Waals surface area contributed by atoms with E-state index < -0.39 is 23.5 Å². The Morgan fingerprint density at radius 3 is 2.76 bits per heavy atom. The summed E-state index contributed by atoms with van der Waals surface area (Å²) in [7, 11) is 0. The summed E-state index contributed by atoms with van der Waals surface area (Å²) in [4.78, 5) is 10.1. The Morgan fingerprint density at radius 1 is 1.59 bits per heavy atom. The van der Waals surface area contributed by atoms with Gasteiger partial charge in [-0.05, 0) is 19.1 Å². The van der Waals surface area contributed by atoms with Gasteiger partial charge in [-0.15, -0.1) is 0 Å². The quantitative estimate of drug-likeness (QED) is 0.526. The average molecular weight is 244 g/mol. The fraction of sp³-hybridized carbons (Fsp3) is 0.400. The second kappa shape index (κ2) is 5.55. The van der Waals surface area contributed by atoms with Crippen LogP contribution in [0.2, 0.25) is 0 Å². The zero-order chi connectivity index (χ0) is 13.0. The van der Waals surface area contributed by atoms with E-state index in [0.717, 1.165) is 6.07 Å². The monoisotopic (exact) mass is 244 g/mol. The van der Waals surface area contributed by atoms with E-state index in [1.54, 1.807) is 0 Å². The maximum atomic E-state index is 13.2. The van der Waals surface area contributed by atoms with E-state index in [4.69, 9.17) is 10.2 Å². The topological polar surface area (TPSA) is 95.6 Å². The number of hydrogen-bond donors (Lipinski definition) is 3. The number of nitro benzene ring substituents is 1. The molecule has 0 spiro atoms. The highest BCUT2D eigenvalue weighted by molar-refractivity contribution is 5.65. The van der Waals surface area contributed by atoms with E-state index in [2.05, 4.69) is 5.32 Å². The van der Waals surface area contributed by atoms with E-state index >= 15 is 0 Å². The van der Waals surface area contributed by atoms with Crippen LogP contribution in [0.25, 0.3) is 0 Å². The van der Waals surface area contributed by atoms with Crippen molar-refractivity contribution in [3.63, 3.8) is 0 Å². The molecule has 0 amide bonds. The number of nitrogens with zero attached hydrogens (tertiary/aromatic N) is 1. The predicted octanol–water partition coefficient (Wildman–Crippen LogP) is 0.807. The molecule has 1 aromatic rings. The van der Waals surface area contributed by atoms with Gasteiger partial charge < -0.3 is 15.5 Å². The summed E-state index contributed by atoms with van der Waals surface area (Å²) in [6.45, 7) is 0.796. The molecule has 0 aliphatic heterocycles.